The smallest absolute Gasteiger partial charge is 0.422 e. The molecule has 8 nitrogen and oxygen atoms in total. The summed E-state index contributed by atoms with van der Waals surface area (Å²) in [5, 5.41) is 11.1. The first-order chi connectivity index (χ1) is 12.0. The van der Waals surface area contributed by atoms with E-state index in [4.69, 9.17) is 4.74 Å². The van der Waals surface area contributed by atoms with Crippen LogP contribution in [0.4, 0.5) is 19.0 Å². The van der Waals surface area contributed by atoms with Crippen molar-refractivity contribution in [1.29, 1.82) is 0 Å². The van der Waals surface area contributed by atoms with E-state index < -0.39 is 12.8 Å². The maximum atomic E-state index is 12.1. The molecule has 3 heterocycles. The molecule has 2 aromatic rings. The van der Waals surface area contributed by atoms with Gasteiger partial charge in [0.2, 0.25) is 0 Å². The SMILES string of the molecule is FC(F)(F)COc1nccc(NCc2cn(CC3CCOC3)nn2)n1. The first-order valence-corrected chi connectivity index (χ1v) is 7.71. The van der Waals surface area contributed by atoms with Gasteiger partial charge in [-0.2, -0.15) is 18.2 Å². The third kappa shape index (κ3) is 5.55. The lowest BCUT2D eigenvalue weighted by Crippen LogP contribution is -2.20. The van der Waals surface area contributed by atoms with Crippen molar-refractivity contribution in [2.24, 2.45) is 5.92 Å². The third-order valence-electron chi connectivity index (χ3n) is 3.50. The highest BCUT2D eigenvalue weighted by Crippen LogP contribution is 2.17. The van der Waals surface area contributed by atoms with Crippen LogP contribution in [0.2, 0.25) is 0 Å². The van der Waals surface area contributed by atoms with Gasteiger partial charge in [-0.1, -0.05) is 5.21 Å². The summed E-state index contributed by atoms with van der Waals surface area (Å²) < 4.78 is 48.0. The van der Waals surface area contributed by atoms with Gasteiger partial charge < -0.3 is 14.8 Å². The number of nitrogens with zero attached hydrogens (tertiary/aromatic N) is 5. The van der Waals surface area contributed by atoms with Crippen LogP contribution < -0.4 is 10.1 Å². The van der Waals surface area contributed by atoms with E-state index in [1.165, 1.54) is 12.3 Å². The molecule has 136 valence electrons. The molecule has 1 atom stereocenters. The second kappa shape index (κ2) is 7.64. The van der Waals surface area contributed by atoms with Crippen LogP contribution in [0.5, 0.6) is 6.01 Å². The van der Waals surface area contributed by atoms with Crippen LogP contribution in [-0.2, 0) is 17.8 Å². The number of nitrogens with one attached hydrogen (secondary N) is 1. The normalized spacial score (nSPS) is 17.6. The zero-order valence-corrected chi connectivity index (χ0v) is 13.2. The van der Waals surface area contributed by atoms with E-state index in [0.29, 0.717) is 24.0 Å². The molecule has 25 heavy (non-hydrogen) atoms. The second-order valence-electron chi connectivity index (χ2n) is 5.64. The second-order valence-corrected chi connectivity index (χ2v) is 5.64. The van der Waals surface area contributed by atoms with Crippen LogP contribution >= 0.6 is 0 Å². The summed E-state index contributed by atoms with van der Waals surface area (Å²) in [5.74, 6) is 0.781. The van der Waals surface area contributed by atoms with Crippen molar-refractivity contribution in [2.75, 3.05) is 25.1 Å². The summed E-state index contributed by atoms with van der Waals surface area (Å²) in [5.41, 5.74) is 0.690. The first kappa shape index (κ1) is 17.4. The summed E-state index contributed by atoms with van der Waals surface area (Å²) in [7, 11) is 0. The van der Waals surface area contributed by atoms with E-state index in [0.717, 1.165) is 26.2 Å². The fraction of sp³-hybridized carbons (Fsp3) is 0.571. The molecule has 11 heteroatoms. The molecule has 0 saturated carbocycles. The molecule has 1 aliphatic rings. The van der Waals surface area contributed by atoms with E-state index in [1.54, 1.807) is 4.68 Å². The van der Waals surface area contributed by atoms with Crippen LogP contribution in [0.15, 0.2) is 18.5 Å². The minimum Gasteiger partial charge on any atom is -0.454 e. The summed E-state index contributed by atoms with van der Waals surface area (Å²) in [6.45, 7) is 1.15. The number of halogens is 3. The molecular weight excluding hydrogens is 341 g/mol. The van der Waals surface area contributed by atoms with Crippen molar-refractivity contribution in [2.45, 2.75) is 25.7 Å². The van der Waals surface area contributed by atoms with E-state index in [1.807, 2.05) is 6.20 Å². The monoisotopic (exact) mass is 358 g/mol. The summed E-state index contributed by atoms with van der Waals surface area (Å²) in [6.07, 6.45) is -0.295. The molecule has 0 aromatic carbocycles. The lowest BCUT2D eigenvalue weighted by Gasteiger charge is -2.08. The number of ether oxygens (including phenoxy) is 2. The molecule has 0 radical (unpaired) electrons. The van der Waals surface area contributed by atoms with Gasteiger partial charge in [0.05, 0.1) is 19.3 Å². The Kier molecular flexibility index (Phi) is 5.31. The average Bonchev–Trinajstić information content (AvgIpc) is 3.23. The number of hydrogen-bond donors (Lipinski definition) is 1. The molecule has 0 spiro atoms. The molecular formula is C14H17F3N6O2. The van der Waals surface area contributed by atoms with Gasteiger partial charge in [0.15, 0.2) is 6.61 Å². The van der Waals surface area contributed by atoms with E-state index >= 15 is 0 Å². The minimum atomic E-state index is -4.43. The van der Waals surface area contributed by atoms with Gasteiger partial charge in [-0.15, -0.1) is 5.10 Å². The Morgan fingerprint density at radius 3 is 3.04 bits per heavy atom. The molecule has 3 rings (SSSR count). The Morgan fingerprint density at radius 2 is 2.28 bits per heavy atom. The van der Waals surface area contributed by atoms with Gasteiger partial charge in [0.25, 0.3) is 0 Å². The fourth-order valence-electron chi connectivity index (χ4n) is 2.34. The number of anilines is 1. The fourth-order valence-corrected chi connectivity index (χ4v) is 2.34. The number of aromatic nitrogens is 5. The maximum absolute atomic E-state index is 12.1. The van der Waals surface area contributed by atoms with Crippen molar-refractivity contribution in [3.05, 3.63) is 24.2 Å². The van der Waals surface area contributed by atoms with E-state index in [2.05, 4.69) is 30.3 Å². The van der Waals surface area contributed by atoms with Gasteiger partial charge in [0, 0.05) is 25.3 Å². The standard InChI is InChI=1S/C14H17F3N6O2/c15-14(16,17)9-25-13-18-3-1-12(20-13)19-5-11-7-23(22-21-11)6-10-2-4-24-8-10/h1,3,7,10H,2,4-6,8-9H2,(H,18,19,20). The van der Waals surface area contributed by atoms with Gasteiger partial charge in [-0.05, 0) is 12.5 Å². The summed E-state index contributed by atoms with van der Waals surface area (Å²) in [6, 6.07) is 1.19. The Labute approximate surface area is 141 Å². The van der Waals surface area contributed by atoms with Crippen molar-refractivity contribution < 1.29 is 22.6 Å². The topological polar surface area (TPSA) is 87.0 Å². The minimum absolute atomic E-state index is 0.330. The lowest BCUT2D eigenvalue weighted by molar-refractivity contribution is -0.154. The lowest BCUT2D eigenvalue weighted by atomic mass is 10.1. The maximum Gasteiger partial charge on any atom is 0.422 e. The highest BCUT2D eigenvalue weighted by Gasteiger charge is 2.29. The van der Waals surface area contributed by atoms with Gasteiger partial charge in [-0.3, -0.25) is 4.68 Å². The van der Waals surface area contributed by atoms with Crippen LogP contribution in [0.1, 0.15) is 12.1 Å². The quantitative estimate of drug-likeness (QED) is 0.805. The highest BCUT2D eigenvalue weighted by molar-refractivity contribution is 5.34. The van der Waals surface area contributed by atoms with Gasteiger partial charge in [0.1, 0.15) is 11.5 Å². The van der Waals surface area contributed by atoms with Crippen molar-refractivity contribution in [3.8, 4) is 6.01 Å². The Balaban J connectivity index is 1.50. The largest absolute Gasteiger partial charge is 0.454 e. The molecule has 1 N–H and O–H groups in total. The van der Waals surface area contributed by atoms with E-state index in [9.17, 15) is 13.2 Å². The Morgan fingerprint density at radius 1 is 1.40 bits per heavy atom. The van der Waals surface area contributed by atoms with Crippen molar-refractivity contribution in [3.63, 3.8) is 0 Å². The van der Waals surface area contributed by atoms with Crippen LogP contribution in [0.25, 0.3) is 0 Å². The number of alkyl halides is 3. The van der Waals surface area contributed by atoms with Crippen LogP contribution in [-0.4, -0.2) is 51.0 Å². The van der Waals surface area contributed by atoms with Crippen molar-refractivity contribution >= 4 is 5.82 Å². The highest BCUT2D eigenvalue weighted by atomic mass is 19.4. The molecule has 1 saturated heterocycles. The summed E-state index contributed by atoms with van der Waals surface area (Å²) in [4.78, 5) is 7.51. The average molecular weight is 358 g/mol. The zero-order valence-electron chi connectivity index (χ0n) is 13.2. The zero-order chi connectivity index (χ0) is 17.7. The number of hydrogen-bond acceptors (Lipinski definition) is 7. The van der Waals surface area contributed by atoms with Gasteiger partial charge in [-0.25, -0.2) is 4.98 Å². The Hall–Kier alpha value is -2.43. The molecule has 1 aliphatic heterocycles. The van der Waals surface area contributed by atoms with Crippen LogP contribution in [0.3, 0.4) is 0 Å². The van der Waals surface area contributed by atoms with E-state index in [-0.39, 0.29) is 6.01 Å². The molecule has 0 bridgehead atoms. The van der Waals surface area contributed by atoms with Crippen molar-refractivity contribution in [1.82, 2.24) is 25.0 Å². The predicted molar refractivity (Wildman–Crippen MR) is 79.9 cm³/mol. The predicted octanol–water partition coefficient (Wildman–Crippen LogP) is 1.66. The molecule has 0 amide bonds. The summed E-state index contributed by atoms with van der Waals surface area (Å²) >= 11 is 0. The third-order valence-corrected chi connectivity index (χ3v) is 3.50. The first-order valence-electron chi connectivity index (χ1n) is 7.71. The molecule has 2 aromatic heterocycles. The molecule has 1 unspecified atom stereocenters. The Bertz CT molecular complexity index is 687. The molecule has 1 fully saturated rings. The molecule has 0 aliphatic carbocycles. The van der Waals surface area contributed by atoms with Crippen LogP contribution in [0, 0.1) is 5.92 Å². The number of rotatable bonds is 7. The van der Waals surface area contributed by atoms with Gasteiger partial charge >= 0.3 is 12.2 Å².